The van der Waals surface area contributed by atoms with Gasteiger partial charge >= 0.3 is 0 Å². The van der Waals surface area contributed by atoms with Crippen LogP contribution in [-0.4, -0.2) is 27.4 Å². The second-order valence-electron chi connectivity index (χ2n) is 6.88. The summed E-state index contributed by atoms with van der Waals surface area (Å²) in [5.41, 5.74) is 5.34. The molecule has 134 valence electrons. The van der Waals surface area contributed by atoms with Gasteiger partial charge in [0.05, 0.1) is 5.52 Å². The number of benzene rings is 2. The molecular weight excluding hydrogens is 326 g/mol. The molecule has 0 aliphatic carbocycles. The van der Waals surface area contributed by atoms with Crippen LogP contribution in [0.1, 0.15) is 36.9 Å². The van der Waals surface area contributed by atoms with E-state index in [-0.39, 0.29) is 11.9 Å². The number of anilines is 1. The molecular formula is C20H23N5O. The summed E-state index contributed by atoms with van der Waals surface area (Å²) in [6.45, 7) is 3.74. The maximum absolute atomic E-state index is 11.9. The molecule has 1 saturated heterocycles. The van der Waals surface area contributed by atoms with Gasteiger partial charge in [-0.1, -0.05) is 23.4 Å². The monoisotopic (exact) mass is 349 g/mol. The van der Waals surface area contributed by atoms with Crippen LogP contribution in [0.4, 0.5) is 5.69 Å². The van der Waals surface area contributed by atoms with Gasteiger partial charge in [0.1, 0.15) is 5.52 Å². The fraction of sp³-hybridized carbons (Fsp3) is 0.350. The molecule has 4 rings (SSSR count). The fourth-order valence-corrected chi connectivity index (χ4v) is 3.45. The van der Waals surface area contributed by atoms with Gasteiger partial charge < -0.3 is 10.2 Å². The quantitative estimate of drug-likeness (QED) is 0.769. The van der Waals surface area contributed by atoms with Crippen molar-refractivity contribution < 1.29 is 4.79 Å². The van der Waals surface area contributed by atoms with Gasteiger partial charge in [-0.05, 0) is 48.7 Å². The molecule has 1 unspecified atom stereocenters. The Balaban J connectivity index is 1.40. The van der Waals surface area contributed by atoms with E-state index < -0.39 is 0 Å². The molecule has 2 heterocycles. The van der Waals surface area contributed by atoms with Crippen LogP contribution in [0.25, 0.3) is 11.0 Å². The molecule has 0 saturated carbocycles. The summed E-state index contributed by atoms with van der Waals surface area (Å²) in [5.74, 6) is 0.225. The summed E-state index contributed by atoms with van der Waals surface area (Å²) in [6, 6.07) is 14.7. The summed E-state index contributed by atoms with van der Waals surface area (Å²) in [7, 11) is 1.90. The van der Waals surface area contributed by atoms with Crippen molar-refractivity contribution >= 4 is 22.6 Å². The van der Waals surface area contributed by atoms with E-state index in [2.05, 4.69) is 52.9 Å². The Morgan fingerprint density at radius 2 is 2.00 bits per heavy atom. The van der Waals surface area contributed by atoms with E-state index in [0.717, 1.165) is 36.2 Å². The highest BCUT2D eigenvalue weighted by Gasteiger charge is 2.21. The first-order valence-electron chi connectivity index (χ1n) is 9.04. The first kappa shape index (κ1) is 16.7. The normalized spacial score (nSPS) is 15.8. The van der Waals surface area contributed by atoms with Gasteiger partial charge in [-0.25, -0.2) is 4.68 Å². The van der Waals surface area contributed by atoms with Crippen molar-refractivity contribution in [3.05, 3.63) is 53.6 Å². The Labute approximate surface area is 152 Å². The zero-order chi connectivity index (χ0) is 18.1. The molecule has 0 spiro atoms. The molecule has 1 amide bonds. The van der Waals surface area contributed by atoms with Crippen molar-refractivity contribution in [2.45, 2.75) is 32.4 Å². The minimum atomic E-state index is 0.218. The van der Waals surface area contributed by atoms with Crippen LogP contribution in [0.15, 0.2) is 42.5 Å². The number of carbonyl (C=O) groups is 1. The summed E-state index contributed by atoms with van der Waals surface area (Å²) < 4.78 is 1.78. The maximum Gasteiger partial charge on any atom is 0.227 e. The largest absolute Gasteiger partial charge is 0.312 e. The van der Waals surface area contributed by atoms with E-state index in [1.807, 2.05) is 24.1 Å². The number of aryl methyl sites for hydroxylation is 1. The molecule has 6 heteroatoms. The number of hydrogen-bond donors (Lipinski definition) is 1. The number of nitrogens with zero attached hydrogens (tertiary/aromatic N) is 4. The number of rotatable bonds is 5. The predicted octanol–water partition coefficient (Wildman–Crippen LogP) is 2.95. The number of hydrogen-bond acceptors (Lipinski definition) is 4. The molecule has 1 aromatic heterocycles. The molecule has 3 aromatic rings. The van der Waals surface area contributed by atoms with E-state index in [0.29, 0.717) is 6.42 Å². The third-order valence-electron chi connectivity index (χ3n) is 5.07. The Morgan fingerprint density at radius 3 is 2.73 bits per heavy atom. The van der Waals surface area contributed by atoms with Crippen molar-refractivity contribution in [2.24, 2.45) is 7.05 Å². The highest BCUT2D eigenvalue weighted by molar-refractivity contribution is 5.95. The van der Waals surface area contributed by atoms with Crippen LogP contribution in [0, 0.1) is 0 Å². The molecule has 1 aliphatic rings. The molecule has 26 heavy (non-hydrogen) atoms. The van der Waals surface area contributed by atoms with Crippen molar-refractivity contribution in [1.29, 1.82) is 0 Å². The SMILES string of the molecule is CC(NCc1ccc2c(c1)nnn2C)c1ccc(N2CCCC2=O)cc1. The molecule has 1 N–H and O–H groups in total. The molecule has 1 aliphatic heterocycles. The summed E-state index contributed by atoms with van der Waals surface area (Å²) in [5, 5.41) is 11.8. The van der Waals surface area contributed by atoms with Gasteiger partial charge in [0.15, 0.2) is 0 Å². The average Bonchev–Trinajstić information content (AvgIpc) is 3.25. The minimum Gasteiger partial charge on any atom is -0.312 e. The standard InChI is InChI=1S/C20H23N5O/c1-14(16-6-8-17(9-7-16)25-11-3-4-20(25)26)21-13-15-5-10-19-18(12-15)22-23-24(19)2/h5-10,12,14,21H,3-4,11,13H2,1-2H3. The summed E-state index contributed by atoms with van der Waals surface area (Å²) in [4.78, 5) is 13.7. The number of amides is 1. The summed E-state index contributed by atoms with van der Waals surface area (Å²) in [6.07, 6.45) is 1.62. The Hall–Kier alpha value is -2.73. The molecule has 2 aromatic carbocycles. The second-order valence-corrected chi connectivity index (χ2v) is 6.88. The van der Waals surface area contributed by atoms with E-state index in [4.69, 9.17) is 0 Å². The maximum atomic E-state index is 11.9. The highest BCUT2D eigenvalue weighted by atomic mass is 16.2. The lowest BCUT2D eigenvalue weighted by Gasteiger charge is -2.18. The Kier molecular flexibility index (Phi) is 4.42. The highest BCUT2D eigenvalue weighted by Crippen LogP contribution is 2.23. The number of aromatic nitrogens is 3. The predicted molar refractivity (Wildman–Crippen MR) is 102 cm³/mol. The zero-order valence-corrected chi connectivity index (χ0v) is 15.1. The van der Waals surface area contributed by atoms with Gasteiger partial charge in [-0.15, -0.1) is 5.10 Å². The molecule has 0 radical (unpaired) electrons. The fourth-order valence-electron chi connectivity index (χ4n) is 3.45. The van der Waals surface area contributed by atoms with Crippen molar-refractivity contribution in [3.8, 4) is 0 Å². The third kappa shape index (κ3) is 3.20. The first-order chi connectivity index (χ1) is 12.6. The van der Waals surface area contributed by atoms with Crippen LogP contribution < -0.4 is 10.2 Å². The molecule has 1 fully saturated rings. The van der Waals surface area contributed by atoms with E-state index in [1.165, 1.54) is 11.1 Å². The average molecular weight is 349 g/mol. The Bertz CT molecular complexity index is 931. The van der Waals surface area contributed by atoms with Crippen molar-refractivity contribution in [2.75, 3.05) is 11.4 Å². The minimum absolute atomic E-state index is 0.218. The topological polar surface area (TPSA) is 63.1 Å². The number of nitrogens with one attached hydrogen (secondary N) is 1. The van der Waals surface area contributed by atoms with Crippen molar-refractivity contribution in [3.63, 3.8) is 0 Å². The van der Waals surface area contributed by atoms with Gasteiger partial charge in [-0.3, -0.25) is 4.79 Å². The number of fused-ring (bicyclic) bond motifs is 1. The van der Waals surface area contributed by atoms with Crippen LogP contribution in [0.2, 0.25) is 0 Å². The van der Waals surface area contributed by atoms with Gasteiger partial charge in [0.25, 0.3) is 0 Å². The first-order valence-corrected chi connectivity index (χ1v) is 9.04. The molecule has 1 atom stereocenters. The van der Waals surface area contributed by atoms with E-state index in [1.54, 1.807) is 4.68 Å². The lowest BCUT2D eigenvalue weighted by molar-refractivity contribution is -0.117. The van der Waals surface area contributed by atoms with Crippen molar-refractivity contribution in [1.82, 2.24) is 20.3 Å². The summed E-state index contributed by atoms with van der Waals surface area (Å²) >= 11 is 0. The van der Waals surface area contributed by atoms with Crippen LogP contribution >= 0.6 is 0 Å². The van der Waals surface area contributed by atoms with Crippen LogP contribution in [0.3, 0.4) is 0 Å². The molecule has 0 bridgehead atoms. The van der Waals surface area contributed by atoms with Gasteiger partial charge in [0.2, 0.25) is 5.91 Å². The Morgan fingerprint density at radius 1 is 1.19 bits per heavy atom. The second kappa shape index (κ2) is 6.88. The van der Waals surface area contributed by atoms with Gasteiger partial charge in [-0.2, -0.15) is 0 Å². The third-order valence-corrected chi connectivity index (χ3v) is 5.07. The lowest BCUT2D eigenvalue weighted by Crippen LogP contribution is -2.23. The van der Waals surface area contributed by atoms with Crippen LogP contribution in [0.5, 0.6) is 0 Å². The van der Waals surface area contributed by atoms with E-state index >= 15 is 0 Å². The lowest BCUT2D eigenvalue weighted by atomic mass is 10.1. The van der Waals surface area contributed by atoms with Gasteiger partial charge in [0, 0.05) is 38.3 Å². The van der Waals surface area contributed by atoms with Crippen LogP contribution in [-0.2, 0) is 18.4 Å². The number of carbonyl (C=O) groups excluding carboxylic acids is 1. The van der Waals surface area contributed by atoms with E-state index in [9.17, 15) is 4.79 Å². The smallest absolute Gasteiger partial charge is 0.227 e. The zero-order valence-electron chi connectivity index (χ0n) is 15.1. The molecule has 6 nitrogen and oxygen atoms in total.